The van der Waals surface area contributed by atoms with E-state index in [1.165, 1.54) is 12.8 Å². The van der Waals surface area contributed by atoms with Crippen LogP contribution in [-0.4, -0.2) is 48.5 Å². The van der Waals surface area contributed by atoms with Crippen molar-refractivity contribution in [1.29, 1.82) is 0 Å². The fourth-order valence-electron chi connectivity index (χ4n) is 3.76. The van der Waals surface area contributed by atoms with E-state index < -0.39 is 0 Å². The molecule has 2 rings (SSSR count). The van der Waals surface area contributed by atoms with Gasteiger partial charge in [-0.1, -0.05) is 27.7 Å². The van der Waals surface area contributed by atoms with Gasteiger partial charge in [0.2, 0.25) is 0 Å². The molecule has 1 aliphatic carbocycles. The molecule has 2 aliphatic rings. The van der Waals surface area contributed by atoms with Gasteiger partial charge >= 0.3 is 0 Å². The van der Waals surface area contributed by atoms with Gasteiger partial charge in [0.25, 0.3) is 0 Å². The van der Waals surface area contributed by atoms with Gasteiger partial charge in [-0.05, 0) is 42.9 Å². The fraction of sp³-hybridized carbons (Fsp3) is 1.00. The van der Waals surface area contributed by atoms with E-state index in [0.29, 0.717) is 17.4 Å². The second-order valence-electron chi connectivity index (χ2n) is 7.86. The monoisotopic (exact) mass is 283 g/mol. The predicted molar refractivity (Wildman–Crippen MR) is 82.8 cm³/mol. The summed E-state index contributed by atoms with van der Waals surface area (Å²) in [5.74, 6) is 1.20. The summed E-state index contributed by atoms with van der Waals surface area (Å²) >= 11 is 0. The lowest BCUT2D eigenvalue weighted by atomic mass is 9.68. The first-order valence-corrected chi connectivity index (χ1v) is 8.42. The van der Waals surface area contributed by atoms with Gasteiger partial charge in [0, 0.05) is 19.6 Å². The molecule has 1 saturated heterocycles. The molecule has 118 valence electrons. The Bertz CT molecular complexity index is 300. The number of hydrogen-bond donors (Lipinski definition) is 1. The summed E-state index contributed by atoms with van der Waals surface area (Å²) in [6.45, 7) is 13.2. The van der Waals surface area contributed by atoms with E-state index >= 15 is 0 Å². The molecule has 4 unspecified atom stereocenters. The third-order valence-corrected chi connectivity index (χ3v) is 5.34. The van der Waals surface area contributed by atoms with Crippen molar-refractivity contribution in [3.05, 3.63) is 0 Å². The number of aliphatic hydroxyl groups excluding tert-OH is 1. The van der Waals surface area contributed by atoms with E-state index in [2.05, 4.69) is 32.6 Å². The minimum absolute atomic E-state index is 0.100. The average Bonchev–Trinajstić information content (AvgIpc) is 2.40. The Hall–Kier alpha value is -0.120. The molecule has 3 nitrogen and oxygen atoms in total. The van der Waals surface area contributed by atoms with E-state index in [9.17, 15) is 5.11 Å². The maximum absolute atomic E-state index is 10.3. The molecule has 1 aliphatic heterocycles. The van der Waals surface area contributed by atoms with Crippen LogP contribution >= 0.6 is 0 Å². The molecule has 20 heavy (non-hydrogen) atoms. The van der Waals surface area contributed by atoms with E-state index in [1.54, 1.807) is 0 Å². The summed E-state index contributed by atoms with van der Waals surface area (Å²) in [5, 5.41) is 10.3. The Kier molecular flexibility index (Phi) is 5.49. The zero-order chi connectivity index (χ0) is 14.8. The van der Waals surface area contributed by atoms with E-state index in [-0.39, 0.29) is 6.10 Å². The van der Waals surface area contributed by atoms with Crippen molar-refractivity contribution >= 4 is 0 Å². The molecule has 3 heteroatoms. The highest BCUT2D eigenvalue weighted by Crippen LogP contribution is 2.40. The zero-order valence-electron chi connectivity index (χ0n) is 13.8. The van der Waals surface area contributed by atoms with Gasteiger partial charge in [-0.2, -0.15) is 0 Å². The van der Waals surface area contributed by atoms with Gasteiger partial charge in [-0.3, -0.25) is 4.90 Å². The number of aliphatic hydroxyl groups is 1. The van der Waals surface area contributed by atoms with Crippen molar-refractivity contribution in [2.24, 2.45) is 17.3 Å². The molecular weight excluding hydrogens is 250 g/mol. The van der Waals surface area contributed by atoms with Crippen molar-refractivity contribution in [1.82, 2.24) is 4.90 Å². The third kappa shape index (κ3) is 4.19. The van der Waals surface area contributed by atoms with Gasteiger partial charge in [0.15, 0.2) is 0 Å². The minimum Gasteiger partial charge on any atom is -0.393 e. The maximum atomic E-state index is 10.3. The van der Waals surface area contributed by atoms with Crippen molar-refractivity contribution in [2.75, 3.05) is 26.2 Å². The van der Waals surface area contributed by atoms with Crippen LogP contribution in [0.2, 0.25) is 0 Å². The third-order valence-electron chi connectivity index (χ3n) is 5.34. The summed E-state index contributed by atoms with van der Waals surface area (Å²) < 4.78 is 5.74. The molecule has 0 aromatic rings. The quantitative estimate of drug-likeness (QED) is 0.864. The summed E-state index contributed by atoms with van der Waals surface area (Å²) in [5.41, 5.74) is 0.370. The van der Waals surface area contributed by atoms with Gasteiger partial charge in [-0.25, -0.2) is 0 Å². The lowest BCUT2D eigenvalue weighted by molar-refractivity contribution is -0.0534. The van der Waals surface area contributed by atoms with E-state index in [1.807, 2.05) is 0 Å². The molecule has 2 fully saturated rings. The number of nitrogens with zero attached hydrogens (tertiary/aromatic N) is 1. The fourth-order valence-corrected chi connectivity index (χ4v) is 3.76. The maximum Gasteiger partial charge on any atom is 0.0700 e. The molecule has 4 atom stereocenters. The predicted octanol–water partition coefficient (Wildman–Crippen LogP) is 2.92. The van der Waals surface area contributed by atoms with Gasteiger partial charge in [0.1, 0.15) is 0 Å². The van der Waals surface area contributed by atoms with Gasteiger partial charge < -0.3 is 9.84 Å². The van der Waals surface area contributed by atoms with Crippen LogP contribution in [0.5, 0.6) is 0 Å². The zero-order valence-corrected chi connectivity index (χ0v) is 13.8. The minimum atomic E-state index is -0.100. The number of ether oxygens (including phenoxy) is 1. The highest BCUT2D eigenvalue weighted by Gasteiger charge is 2.36. The lowest BCUT2D eigenvalue weighted by Crippen LogP contribution is -2.47. The summed E-state index contributed by atoms with van der Waals surface area (Å²) in [6, 6.07) is 0. The Morgan fingerprint density at radius 1 is 1.25 bits per heavy atom. The Labute approximate surface area is 124 Å². The van der Waals surface area contributed by atoms with Crippen LogP contribution in [0.1, 0.15) is 53.4 Å². The number of rotatable bonds is 3. The number of morpholine rings is 1. The second-order valence-corrected chi connectivity index (χ2v) is 7.86. The molecular formula is C17H33NO2. The van der Waals surface area contributed by atoms with Gasteiger partial charge in [-0.15, -0.1) is 0 Å². The normalized spacial score (nSPS) is 37.0. The molecule has 0 aromatic carbocycles. The molecule has 0 spiro atoms. The van der Waals surface area contributed by atoms with Crippen LogP contribution in [0.4, 0.5) is 0 Å². The van der Waals surface area contributed by atoms with Crippen molar-refractivity contribution in [3.8, 4) is 0 Å². The van der Waals surface area contributed by atoms with Crippen LogP contribution in [0.25, 0.3) is 0 Å². The smallest absolute Gasteiger partial charge is 0.0700 e. The highest BCUT2D eigenvalue weighted by molar-refractivity contribution is 4.87. The Balaban J connectivity index is 1.89. The average molecular weight is 283 g/mol. The second kappa shape index (κ2) is 6.76. The Morgan fingerprint density at radius 3 is 2.65 bits per heavy atom. The molecule has 1 saturated carbocycles. The van der Waals surface area contributed by atoms with Crippen LogP contribution < -0.4 is 0 Å². The standard InChI is InChI=1S/C17H33NO2/c1-5-15-12-18(8-9-20-15)11-13-10-14(17(2,3)4)6-7-16(13)19/h13-16,19H,5-12H2,1-4H3. The SMILES string of the molecule is CCC1CN(CC2CC(C(C)(C)C)CCC2O)CCO1. The summed E-state index contributed by atoms with van der Waals surface area (Å²) in [6.07, 6.45) is 4.72. The number of hydrogen-bond acceptors (Lipinski definition) is 3. The summed E-state index contributed by atoms with van der Waals surface area (Å²) in [4.78, 5) is 2.51. The van der Waals surface area contributed by atoms with E-state index in [4.69, 9.17) is 4.74 Å². The van der Waals surface area contributed by atoms with Crippen LogP contribution in [-0.2, 0) is 4.74 Å². The summed E-state index contributed by atoms with van der Waals surface area (Å²) in [7, 11) is 0. The van der Waals surface area contributed by atoms with Crippen molar-refractivity contribution in [3.63, 3.8) is 0 Å². The topological polar surface area (TPSA) is 32.7 Å². The molecule has 1 N–H and O–H groups in total. The van der Waals surface area contributed by atoms with Crippen LogP contribution in [0.15, 0.2) is 0 Å². The first-order valence-electron chi connectivity index (χ1n) is 8.42. The largest absolute Gasteiger partial charge is 0.393 e. The van der Waals surface area contributed by atoms with E-state index in [0.717, 1.165) is 45.0 Å². The molecule has 0 aromatic heterocycles. The highest BCUT2D eigenvalue weighted by atomic mass is 16.5. The van der Waals surface area contributed by atoms with Crippen LogP contribution in [0, 0.1) is 17.3 Å². The van der Waals surface area contributed by atoms with Crippen molar-refractivity contribution < 1.29 is 9.84 Å². The molecule has 0 amide bonds. The first-order chi connectivity index (χ1) is 9.40. The first kappa shape index (κ1) is 16.3. The lowest BCUT2D eigenvalue weighted by Gasteiger charge is -2.43. The van der Waals surface area contributed by atoms with Crippen LogP contribution in [0.3, 0.4) is 0 Å². The molecule has 1 heterocycles. The van der Waals surface area contributed by atoms with Gasteiger partial charge in [0.05, 0.1) is 18.8 Å². The van der Waals surface area contributed by atoms with Crippen molar-refractivity contribution in [2.45, 2.75) is 65.6 Å². The Morgan fingerprint density at radius 2 is 2.00 bits per heavy atom. The molecule has 0 radical (unpaired) electrons. The molecule has 0 bridgehead atoms.